The van der Waals surface area contributed by atoms with Crippen LogP contribution in [0.2, 0.25) is 0 Å². The molecular formula is C19H17N5O2S. The zero-order valence-electron chi connectivity index (χ0n) is 14.8. The predicted octanol–water partition coefficient (Wildman–Crippen LogP) is 3.73. The van der Waals surface area contributed by atoms with Crippen LogP contribution in [0.3, 0.4) is 0 Å². The fraction of sp³-hybridized carbons (Fsp3) is 0.158. The molecule has 136 valence electrons. The molecule has 1 aromatic carbocycles. The number of hydrogen-bond donors (Lipinski definition) is 2. The van der Waals surface area contributed by atoms with Crippen LogP contribution in [0.4, 0.5) is 11.5 Å². The van der Waals surface area contributed by atoms with Gasteiger partial charge in [-0.2, -0.15) is 0 Å². The van der Waals surface area contributed by atoms with Crippen LogP contribution in [0.5, 0.6) is 0 Å². The Morgan fingerprint density at radius 1 is 1.30 bits per heavy atom. The number of imidazole rings is 1. The quantitative estimate of drug-likeness (QED) is 0.522. The van der Waals surface area contributed by atoms with Crippen molar-refractivity contribution in [1.82, 2.24) is 19.5 Å². The summed E-state index contributed by atoms with van der Waals surface area (Å²) in [5.41, 5.74) is 3.94. The van der Waals surface area contributed by atoms with Gasteiger partial charge in [0.05, 0.1) is 23.4 Å². The first-order valence-corrected chi connectivity index (χ1v) is 9.15. The molecule has 0 fully saturated rings. The first kappa shape index (κ1) is 17.3. The summed E-state index contributed by atoms with van der Waals surface area (Å²) in [7, 11) is 0. The molecule has 0 amide bonds. The number of rotatable bonds is 4. The van der Waals surface area contributed by atoms with Gasteiger partial charge in [0.25, 0.3) is 0 Å². The molecule has 0 unspecified atom stereocenters. The second-order valence-corrected chi connectivity index (χ2v) is 7.27. The lowest BCUT2D eigenvalue weighted by Crippen LogP contribution is -2.06. The average molecular weight is 379 g/mol. The minimum atomic E-state index is -0.933. The van der Waals surface area contributed by atoms with Gasteiger partial charge in [0.2, 0.25) is 0 Å². The van der Waals surface area contributed by atoms with Crippen LogP contribution in [-0.2, 0) is 11.3 Å². The monoisotopic (exact) mass is 379 g/mol. The Bertz CT molecular complexity index is 1070. The van der Waals surface area contributed by atoms with Crippen molar-refractivity contribution in [3.05, 3.63) is 59.4 Å². The molecule has 1 aliphatic rings. The lowest BCUT2D eigenvalue weighted by Gasteiger charge is -2.19. The molecule has 2 aromatic heterocycles. The summed E-state index contributed by atoms with van der Waals surface area (Å²) < 4.78 is 1.95. The van der Waals surface area contributed by atoms with Gasteiger partial charge in [-0.25, -0.2) is 19.7 Å². The number of fused-ring (bicyclic) bond motifs is 2. The van der Waals surface area contributed by atoms with Gasteiger partial charge in [0.15, 0.2) is 5.82 Å². The Labute approximate surface area is 160 Å². The van der Waals surface area contributed by atoms with Crippen molar-refractivity contribution in [2.75, 3.05) is 5.32 Å². The van der Waals surface area contributed by atoms with Crippen LogP contribution in [0.15, 0.2) is 52.4 Å². The van der Waals surface area contributed by atoms with Gasteiger partial charge in [-0.3, -0.25) is 0 Å². The minimum absolute atomic E-state index is 0.276. The van der Waals surface area contributed by atoms with E-state index < -0.39 is 5.97 Å². The molecule has 0 atom stereocenters. The molecule has 0 saturated heterocycles. The average Bonchev–Trinajstić information content (AvgIpc) is 2.99. The van der Waals surface area contributed by atoms with Crippen LogP contribution in [0.1, 0.15) is 23.9 Å². The first-order chi connectivity index (χ1) is 13.0. The lowest BCUT2D eigenvalue weighted by molar-refractivity contribution is -0.132. The number of carboxylic acids is 1. The van der Waals surface area contributed by atoms with Crippen molar-refractivity contribution in [3.8, 4) is 0 Å². The molecule has 7 nitrogen and oxygen atoms in total. The third kappa shape index (κ3) is 3.43. The summed E-state index contributed by atoms with van der Waals surface area (Å²) in [6.07, 6.45) is 6.74. The van der Waals surface area contributed by atoms with E-state index in [4.69, 9.17) is 5.11 Å². The first-order valence-electron chi connectivity index (χ1n) is 8.33. The van der Waals surface area contributed by atoms with Crippen molar-refractivity contribution in [2.45, 2.75) is 30.3 Å². The van der Waals surface area contributed by atoms with Gasteiger partial charge >= 0.3 is 5.97 Å². The van der Waals surface area contributed by atoms with E-state index in [1.807, 2.05) is 11.5 Å². The summed E-state index contributed by atoms with van der Waals surface area (Å²) in [4.78, 5) is 25.2. The fourth-order valence-corrected chi connectivity index (χ4v) is 3.73. The van der Waals surface area contributed by atoms with E-state index >= 15 is 0 Å². The van der Waals surface area contributed by atoms with Gasteiger partial charge in [-0.1, -0.05) is 17.8 Å². The SMILES string of the molecule is CC(=Cc1c(C)ncn1Cc1ccc2c(c1)Nc1nccnc1S2)C(=O)O. The highest BCUT2D eigenvalue weighted by Gasteiger charge is 2.18. The molecule has 4 rings (SSSR count). The van der Waals surface area contributed by atoms with Gasteiger partial charge in [0, 0.05) is 29.4 Å². The number of carboxylic acid groups (broad SMARTS) is 1. The Morgan fingerprint density at radius 3 is 2.93 bits per heavy atom. The Hall–Kier alpha value is -3.13. The Balaban J connectivity index is 1.63. The van der Waals surface area contributed by atoms with Gasteiger partial charge in [-0.15, -0.1) is 0 Å². The smallest absolute Gasteiger partial charge is 0.331 e. The van der Waals surface area contributed by atoms with E-state index in [2.05, 4.69) is 38.5 Å². The second kappa shape index (κ2) is 6.88. The molecule has 0 bridgehead atoms. The van der Waals surface area contributed by atoms with E-state index in [0.29, 0.717) is 6.54 Å². The molecule has 1 aliphatic heterocycles. The molecular weight excluding hydrogens is 362 g/mol. The number of anilines is 2. The van der Waals surface area contributed by atoms with Crippen LogP contribution in [-0.4, -0.2) is 30.6 Å². The van der Waals surface area contributed by atoms with Crippen molar-refractivity contribution in [2.24, 2.45) is 0 Å². The molecule has 3 aromatic rings. The standard InChI is InChI=1S/C19H17N5O2S/c1-11(19(25)26)7-15-12(2)22-10-24(15)9-13-3-4-16-14(8-13)23-17-18(27-16)21-6-5-20-17/h3-8,10H,9H2,1-2H3,(H,20,23)(H,25,26). The number of aryl methyl sites for hydroxylation is 1. The second-order valence-electron chi connectivity index (χ2n) is 6.24. The zero-order chi connectivity index (χ0) is 19.0. The summed E-state index contributed by atoms with van der Waals surface area (Å²) in [6, 6.07) is 6.19. The highest BCUT2D eigenvalue weighted by molar-refractivity contribution is 7.99. The van der Waals surface area contributed by atoms with E-state index in [1.165, 1.54) is 0 Å². The molecule has 8 heteroatoms. The van der Waals surface area contributed by atoms with Crippen LogP contribution in [0.25, 0.3) is 6.08 Å². The van der Waals surface area contributed by atoms with Crippen LogP contribution in [0, 0.1) is 6.92 Å². The summed E-state index contributed by atoms with van der Waals surface area (Å²) in [6.45, 7) is 4.04. The Kier molecular flexibility index (Phi) is 4.41. The summed E-state index contributed by atoms with van der Waals surface area (Å²) in [5, 5.41) is 13.3. The summed E-state index contributed by atoms with van der Waals surface area (Å²) >= 11 is 1.59. The number of hydrogen-bond acceptors (Lipinski definition) is 6. The fourth-order valence-electron chi connectivity index (χ4n) is 2.85. The molecule has 3 heterocycles. The largest absolute Gasteiger partial charge is 0.478 e. The highest BCUT2D eigenvalue weighted by Crippen LogP contribution is 2.42. The normalized spacial score (nSPS) is 12.9. The molecule has 2 N–H and O–H groups in total. The molecule has 0 aliphatic carbocycles. The van der Waals surface area contributed by atoms with Gasteiger partial charge in [-0.05, 0) is 37.6 Å². The Morgan fingerprint density at radius 2 is 2.11 bits per heavy atom. The van der Waals surface area contributed by atoms with Crippen LogP contribution < -0.4 is 5.32 Å². The number of nitrogens with zero attached hydrogens (tertiary/aromatic N) is 4. The minimum Gasteiger partial charge on any atom is -0.478 e. The van der Waals surface area contributed by atoms with E-state index in [1.54, 1.807) is 43.5 Å². The van der Waals surface area contributed by atoms with E-state index in [-0.39, 0.29) is 5.57 Å². The van der Waals surface area contributed by atoms with Crippen molar-refractivity contribution < 1.29 is 9.90 Å². The molecule has 0 radical (unpaired) electrons. The maximum atomic E-state index is 11.1. The van der Waals surface area contributed by atoms with Crippen molar-refractivity contribution >= 4 is 35.3 Å². The highest BCUT2D eigenvalue weighted by atomic mass is 32.2. The van der Waals surface area contributed by atoms with Crippen molar-refractivity contribution in [3.63, 3.8) is 0 Å². The predicted molar refractivity (Wildman–Crippen MR) is 103 cm³/mol. The third-order valence-corrected chi connectivity index (χ3v) is 5.35. The maximum absolute atomic E-state index is 11.1. The number of benzene rings is 1. The lowest BCUT2D eigenvalue weighted by atomic mass is 10.1. The molecule has 0 saturated carbocycles. The van der Waals surface area contributed by atoms with Crippen LogP contribution >= 0.6 is 11.8 Å². The summed E-state index contributed by atoms with van der Waals surface area (Å²) in [5.74, 6) is -0.178. The maximum Gasteiger partial charge on any atom is 0.331 e. The molecule has 0 spiro atoms. The van der Waals surface area contributed by atoms with Crippen molar-refractivity contribution in [1.29, 1.82) is 0 Å². The molecule has 27 heavy (non-hydrogen) atoms. The van der Waals surface area contributed by atoms with E-state index in [0.717, 1.165) is 38.4 Å². The van der Waals surface area contributed by atoms with Gasteiger partial charge in [0.1, 0.15) is 5.03 Å². The number of aliphatic carboxylic acids is 1. The number of aromatic nitrogens is 4. The third-order valence-electron chi connectivity index (χ3n) is 4.28. The number of nitrogens with one attached hydrogen (secondary N) is 1. The zero-order valence-corrected chi connectivity index (χ0v) is 15.6. The van der Waals surface area contributed by atoms with Gasteiger partial charge < -0.3 is 15.0 Å². The van der Waals surface area contributed by atoms with E-state index in [9.17, 15) is 4.79 Å². The number of carbonyl (C=O) groups is 1. The topological polar surface area (TPSA) is 92.9 Å².